The summed E-state index contributed by atoms with van der Waals surface area (Å²) in [5.74, 6) is -0.350. The van der Waals surface area contributed by atoms with E-state index < -0.39 is 0 Å². The zero-order chi connectivity index (χ0) is 24.3. The van der Waals surface area contributed by atoms with Crippen molar-refractivity contribution in [1.82, 2.24) is 10.2 Å². The van der Waals surface area contributed by atoms with Crippen LogP contribution in [0, 0.1) is 0 Å². The van der Waals surface area contributed by atoms with Crippen LogP contribution in [0.25, 0.3) is 0 Å². The second-order valence-electron chi connectivity index (χ2n) is 9.02. The van der Waals surface area contributed by atoms with Gasteiger partial charge in [-0.2, -0.15) is 0 Å². The maximum Gasteiger partial charge on any atom is 0.253 e. The molecule has 0 aromatic heterocycles. The van der Waals surface area contributed by atoms with Crippen molar-refractivity contribution in [2.45, 2.75) is 25.9 Å². The van der Waals surface area contributed by atoms with Crippen LogP contribution >= 0.6 is 0 Å². The van der Waals surface area contributed by atoms with Gasteiger partial charge in [-0.15, -0.1) is 0 Å². The molecule has 0 unspecified atom stereocenters. The SMILES string of the molecule is O=C(COCc1ccccc1)Nc1ccc(N2CCCC2)c(C(=O)NCCCN2CCOCC2)c1. The second-order valence-corrected chi connectivity index (χ2v) is 9.02. The topological polar surface area (TPSA) is 83.1 Å². The molecule has 0 bridgehead atoms. The van der Waals surface area contributed by atoms with E-state index in [1.54, 1.807) is 6.07 Å². The summed E-state index contributed by atoms with van der Waals surface area (Å²) < 4.78 is 10.9. The van der Waals surface area contributed by atoms with Crippen LogP contribution < -0.4 is 15.5 Å². The Kier molecular flexibility index (Phi) is 9.51. The third-order valence-corrected chi connectivity index (χ3v) is 6.36. The molecule has 2 amide bonds. The first-order valence-corrected chi connectivity index (χ1v) is 12.6. The van der Waals surface area contributed by atoms with E-state index in [0.29, 0.717) is 24.4 Å². The van der Waals surface area contributed by atoms with Crippen LogP contribution in [0.5, 0.6) is 0 Å². The number of carbonyl (C=O) groups is 2. The lowest BCUT2D eigenvalue weighted by Crippen LogP contribution is -2.38. The number of benzene rings is 2. The number of anilines is 2. The molecule has 8 nitrogen and oxygen atoms in total. The quantitative estimate of drug-likeness (QED) is 0.482. The van der Waals surface area contributed by atoms with E-state index in [1.165, 1.54) is 0 Å². The number of ether oxygens (including phenoxy) is 2. The van der Waals surface area contributed by atoms with E-state index in [4.69, 9.17) is 9.47 Å². The van der Waals surface area contributed by atoms with Gasteiger partial charge in [-0.05, 0) is 49.6 Å². The summed E-state index contributed by atoms with van der Waals surface area (Å²) in [5, 5.41) is 5.95. The van der Waals surface area contributed by atoms with E-state index in [1.807, 2.05) is 42.5 Å². The lowest BCUT2D eigenvalue weighted by Gasteiger charge is -2.26. The minimum absolute atomic E-state index is 0.0498. The summed E-state index contributed by atoms with van der Waals surface area (Å²) in [6.07, 6.45) is 3.13. The van der Waals surface area contributed by atoms with E-state index in [2.05, 4.69) is 20.4 Å². The molecule has 0 atom stereocenters. The first-order chi connectivity index (χ1) is 17.2. The summed E-state index contributed by atoms with van der Waals surface area (Å²) >= 11 is 0. The molecule has 2 aromatic rings. The zero-order valence-electron chi connectivity index (χ0n) is 20.3. The number of hydrogen-bond acceptors (Lipinski definition) is 6. The van der Waals surface area contributed by atoms with Crippen LogP contribution in [0.3, 0.4) is 0 Å². The van der Waals surface area contributed by atoms with Crippen molar-refractivity contribution in [2.75, 3.05) is 69.3 Å². The monoisotopic (exact) mass is 480 g/mol. The molecule has 2 aromatic carbocycles. The number of amides is 2. The predicted molar refractivity (Wildman–Crippen MR) is 137 cm³/mol. The third-order valence-electron chi connectivity index (χ3n) is 6.36. The van der Waals surface area contributed by atoms with Crippen LogP contribution in [-0.4, -0.2) is 75.8 Å². The average Bonchev–Trinajstić information content (AvgIpc) is 3.43. The maximum atomic E-state index is 13.1. The molecule has 0 spiro atoms. The Morgan fingerprint density at radius 1 is 0.971 bits per heavy atom. The summed E-state index contributed by atoms with van der Waals surface area (Å²) in [6.45, 7) is 7.22. The van der Waals surface area contributed by atoms with Gasteiger partial charge in [0.05, 0.1) is 25.4 Å². The average molecular weight is 481 g/mol. The lowest BCUT2D eigenvalue weighted by atomic mass is 10.1. The minimum Gasteiger partial charge on any atom is -0.379 e. The van der Waals surface area contributed by atoms with Crippen LogP contribution in [0.1, 0.15) is 35.2 Å². The van der Waals surface area contributed by atoms with Crippen LogP contribution in [0.15, 0.2) is 48.5 Å². The molecule has 2 aliphatic heterocycles. The molecule has 2 aliphatic rings. The van der Waals surface area contributed by atoms with Crippen molar-refractivity contribution >= 4 is 23.2 Å². The van der Waals surface area contributed by atoms with E-state index in [9.17, 15) is 9.59 Å². The standard InChI is InChI=1S/C27H36N4O4/c32-26(21-35-20-22-7-2-1-3-8-22)29-23-9-10-25(31-13-4-5-14-31)24(19-23)27(33)28-11-6-12-30-15-17-34-18-16-30/h1-3,7-10,19H,4-6,11-18,20-21H2,(H,28,33)(H,29,32). The smallest absolute Gasteiger partial charge is 0.253 e. The van der Waals surface area contributed by atoms with Gasteiger partial charge in [-0.3, -0.25) is 14.5 Å². The van der Waals surface area contributed by atoms with Gasteiger partial charge in [0.25, 0.3) is 5.91 Å². The highest BCUT2D eigenvalue weighted by Gasteiger charge is 2.20. The molecule has 2 saturated heterocycles. The number of rotatable bonds is 11. The normalized spacial score (nSPS) is 16.3. The summed E-state index contributed by atoms with van der Waals surface area (Å²) in [7, 11) is 0. The molecule has 2 N–H and O–H groups in total. The van der Waals surface area contributed by atoms with Crippen LogP contribution in [-0.2, 0) is 20.9 Å². The Morgan fingerprint density at radius 3 is 2.51 bits per heavy atom. The van der Waals surface area contributed by atoms with Crippen molar-refractivity contribution in [3.63, 3.8) is 0 Å². The van der Waals surface area contributed by atoms with Gasteiger partial charge in [0.15, 0.2) is 0 Å². The number of nitrogens with zero attached hydrogens (tertiary/aromatic N) is 2. The Morgan fingerprint density at radius 2 is 1.74 bits per heavy atom. The molecule has 2 heterocycles. The number of nitrogens with one attached hydrogen (secondary N) is 2. The van der Waals surface area contributed by atoms with Gasteiger partial charge >= 0.3 is 0 Å². The van der Waals surface area contributed by atoms with Crippen LogP contribution in [0.4, 0.5) is 11.4 Å². The molecule has 0 radical (unpaired) electrons. The predicted octanol–water partition coefficient (Wildman–Crippen LogP) is 2.89. The highest BCUT2D eigenvalue weighted by atomic mass is 16.5. The fourth-order valence-electron chi connectivity index (χ4n) is 4.49. The lowest BCUT2D eigenvalue weighted by molar-refractivity contribution is -0.121. The Hall–Kier alpha value is -2.94. The fourth-order valence-corrected chi connectivity index (χ4v) is 4.49. The number of hydrogen-bond donors (Lipinski definition) is 2. The molecular formula is C27H36N4O4. The molecular weight excluding hydrogens is 444 g/mol. The summed E-state index contributed by atoms with van der Waals surface area (Å²) in [5.41, 5.74) is 3.13. The zero-order valence-corrected chi connectivity index (χ0v) is 20.3. The highest BCUT2D eigenvalue weighted by molar-refractivity contribution is 6.02. The first-order valence-electron chi connectivity index (χ1n) is 12.6. The number of morpholine rings is 1. The maximum absolute atomic E-state index is 13.1. The van der Waals surface area contributed by atoms with Crippen molar-refractivity contribution in [3.05, 3.63) is 59.7 Å². The van der Waals surface area contributed by atoms with E-state index in [-0.39, 0.29) is 18.4 Å². The summed E-state index contributed by atoms with van der Waals surface area (Å²) in [4.78, 5) is 30.2. The van der Waals surface area contributed by atoms with E-state index >= 15 is 0 Å². The van der Waals surface area contributed by atoms with Crippen LogP contribution in [0.2, 0.25) is 0 Å². The van der Waals surface area contributed by atoms with Gasteiger partial charge in [0.2, 0.25) is 5.91 Å². The Labute approximate surface area is 207 Å². The Bertz CT molecular complexity index is 957. The molecule has 188 valence electrons. The van der Waals surface area contributed by atoms with Gasteiger partial charge in [-0.1, -0.05) is 30.3 Å². The van der Waals surface area contributed by atoms with Gasteiger partial charge < -0.3 is 25.0 Å². The molecule has 0 aliphatic carbocycles. The van der Waals surface area contributed by atoms with Gasteiger partial charge in [-0.25, -0.2) is 0 Å². The minimum atomic E-state index is -0.244. The van der Waals surface area contributed by atoms with Crippen molar-refractivity contribution in [2.24, 2.45) is 0 Å². The van der Waals surface area contributed by atoms with E-state index in [0.717, 1.165) is 76.5 Å². The van der Waals surface area contributed by atoms with Gasteiger partial charge in [0.1, 0.15) is 6.61 Å². The molecule has 35 heavy (non-hydrogen) atoms. The van der Waals surface area contributed by atoms with Crippen molar-refractivity contribution in [3.8, 4) is 0 Å². The first kappa shape index (κ1) is 25.2. The molecule has 8 heteroatoms. The molecule has 0 saturated carbocycles. The fraction of sp³-hybridized carbons (Fsp3) is 0.481. The number of carbonyl (C=O) groups excluding carboxylic acids is 2. The molecule has 4 rings (SSSR count). The van der Waals surface area contributed by atoms with Crippen molar-refractivity contribution in [1.29, 1.82) is 0 Å². The van der Waals surface area contributed by atoms with Crippen molar-refractivity contribution < 1.29 is 19.1 Å². The summed E-state index contributed by atoms with van der Waals surface area (Å²) in [6, 6.07) is 15.3. The van der Waals surface area contributed by atoms with Gasteiger partial charge in [0, 0.05) is 44.1 Å². The third kappa shape index (κ3) is 7.78. The second kappa shape index (κ2) is 13.2. The Balaban J connectivity index is 1.32. The largest absolute Gasteiger partial charge is 0.379 e. The molecule has 2 fully saturated rings. The highest BCUT2D eigenvalue weighted by Crippen LogP contribution is 2.27.